The van der Waals surface area contributed by atoms with Gasteiger partial charge in [-0.3, -0.25) is 4.79 Å². The fraction of sp³-hybridized carbons (Fsp3) is 0.611. The highest BCUT2D eigenvalue weighted by atomic mass is 32.2. The Balaban J connectivity index is 1.69. The van der Waals surface area contributed by atoms with Gasteiger partial charge >= 0.3 is 0 Å². The maximum atomic E-state index is 12.9. The lowest BCUT2D eigenvalue weighted by Gasteiger charge is -2.34. The zero-order valence-corrected chi connectivity index (χ0v) is 16.1. The minimum Gasteiger partial charge on any atom is -0.344 e. The van der Waals surface area contributed by atoms with Gasteiger partial charge in [-0.2, -0.15) is 4.31 Å². The van der Waals surface area contributed by atoms with Crippen LogP contribution in [-0.4, -0.2) is 69.8 Å². The Labute approximate surface area is 150 Å². The third-order valence-electron chi connectivity index (χ3n) is 5.50. The van der Waals surface area contributed by atoms with Gasteiger partial charge in [-0.15, -0.1) is 0 Å². The van der Waals surface area contributed by atoms with Gasteiger partial charge in [-0.1, -0.05) is 6.07 Å². The number of hydrogen-bond donors (Lipinski definition) is 1. The summed E-state index contributed by atoms with van der Waals surface area (Å²) in [4.78, 5) is 15.3. The molecule has 0 unspecified atom stereocenters. The summed E-state index contributed by atoms with van der Waals surface area (Å²) in [5.41, 5.74) is 2.46. The van der Waals surface area contributed by atoms with Crippen LogP contribution in [0.2, 0.25) is 0 Å². The summed E-state index contributed by atoms with van der Waals surface area (Å²) in [7, 11) is 0.0689. The third kappa shape index (κ3) is 3.59. The monoisotopic (exact) mass is 366 g/mol. The Hall–Kier alpha value is -1.44. The summed E-state index contributed by atoms with van der Waals surface area (Å²) < 4.78 is 27.5. The molecule has 0 spiro atoms. The molecule has 1 aromatic carbocycles. The van der Waals surface area contributed by atoms with Crippen LogP contribution in [0.5, 0.6) is 0 Å². The number of fused-ring (bicyclic) bond motifs is 1. The van der Waals surface area contributed by atoms with Gasteiger partial charge in [0.25, 0.3) is 5.91 Å². The molecule has 1 aliphatic heterocycles. The molecule has 1 amide bonds. The van der Waals surface area contributed by atoms with Crippen LogP contribution >= 0.6 is 0 Å². The first-order valence-electron chi connectivity index (χ1n) is 8.98. The van der Waals surface area contributed by atoms with E-state index in [2.05, 4.69) is 0 Å². The summed E-state index contributed by atoms with van der Waals surface area (Å²) in [6.45, 7) is 4.15. The second-order valence-electron chi connectivity index (χ2n) is 7.30. The van der Waals surface area contributed by atoms with Crippen molar-refractivity contribution in [2.45, 2.75) is 37.1 Å². The van der Waals surface area contributed by atoms with Gasteiger partial charge in [0.15, 0.2) is 6.04 Å². The molecule has 0 aromatic heterocycles. The molecule has 1 saturated heterocycles. The lowest BCUT2D eigenvalue weighted by atomic mass is 10.1. The van der Waals surface area contributed by atoms with Gasteiger partial charge in [0, 0.05) is 14.1 Å². The lowest BCUT2D eigenvalue weighted by Crippen LogP contribution is -3.19. The molecule has 1 atom stereocenters. The molecular formula is C18H28N3O3S+. The summed E-state index contributed by atoms with van der Waals surface area (Å²) in [6.07, 6.45) is 3.13. The average Bonchev–Trinajstić information content (AvgIpc) is 3.08. The molecule has 2 aliphatic rings. The molecule has 3 rings (SSSR count). The first kappa shape index (κ1) is 18.4. The van der Waals surface area contributed by atoms with Crippen LogP contribution in [0.4, 0.5) is 0 Å². The van der Waals surface area contributed by atoms with Crippen molar-refractivity contribution >= 4 is 15.9 Å². The summed E-state index contributed by atoms with van der Waals surface area (Å²) >= 11 is 0. The van der Waals surface area contributed by atoms with Crippen molar-refractivity contribution in [3.05, 3.63) is 29.3 Å². The first-order chi connectivity index (χ1) is 11.8. The molecule has 0 saturated carbocycles. The summed E-state index contributed by atoms with van der Waals surface area (Å²) in [5, 5.41) is 0. The van der Waals surface area contributed by atoms with Crippen LogP contribution in [0.25, 0.3) is 0 Å². The molecule has 1 aromatic rings. The highest BCUT2D eigenvalue weighted by Gasteiger charge is 2.35. The molecule has 138 valence electrons. The molecule has 0 bridgehead atoms. The van der Waals surface area contributed by atoms with Gasteiger partial charge in [-0.05, 0) is 49.4 Å². The summed E-state index contributed by atoms with van der Waals surface area (Å²) in [5.74, 6) is 0.0879. The quantitative estimate of drug-likeness (QED) is 0.785. The fourth-order valence-corrected chi connectivity index (χ4v) is 5.36. The number of nitrogens with zero attached hydrogens (tertiary/aromatic N) is 2. The van der Waals surface area contributed by atoms with Crippen molar-refractivity contribution in [1.82, 2.24) is 9.21 Å². The number of benzene rings is 1. The largest absolute Gasteiger partial charge is 0.344 e. The maximum Gasteiger partial charge on any atom is 0.280 e. The molecule has 1 N–H and O–H groups in total. The number of carbonyl (C=O) groups is 1. The van der Waals surface area contributed by atoms with E-state index in [0.29, 0.717) is 31.1 Å². The Morgan fingerprint density at radius 1 is 1.16 bits per heavy atom. The molecular weight excluding hydrogens is 338 g/mol. The Kier molecular flexibility index (Phi) is 5.18. The number of aryl methyl sites for hydroxylation is 2. The second-order valence-corrected chi connectivity index (χ2v) is 9.24. The van der Waals surface area contributed by atoms with E-state index in [9.17, 15) is 13.2 Å². The molecule has 6 nitrogen and oxygen atoms in total. The molecule has 7 heteroatoms. The smallest absolute Gasteiger partial charge is 0.280 e. The molecule has 1 heterocycles. The lowest BCUT2D eigenvalue weighted by molar-refractivity contribution is -0.917. The number of sulfonamides is 1. The zero-order valence-electron chi connectivity index (χ0n) is 15.3. The van der Waals surface area contributed by atoms with Crippen LogP contribution in [0.15, 0.2) is 23.1 Å². The molecule has 0 radical (unpaired) electrons. The normalized spacial score (nSPS) is 20.3. The van der Waals surface area contributed by atoms with Crippen molar-refractivity contribution in [3.8, 4) is 0 Å². The van der Waals surface area contributed by atoms with E-state index < -0.39 is 10.0 Å². The minimum absolute atomic E-state index is 0.0879. The van der Waals surface area contributed by atoms with E-state index in [1.54, 1.807) is 29.4 Å². The zero-order chi connectivity index (χ0) is 18.2. The van der Waals surface area contributed by atoms with Crippen molar-refractivity contribution in [1.29, 1.82) is 0 Å². The van der Waals surface area contributed by atoms with E-state index in [1.165, 1.54) is 11.1 Å². The maximum absolute atomic E-state index is 12.9. The number of hydrogen-bond acceptors (Lipinski definition) is 3. The molecule has 25 heavy (non-hydrogen) atoms. The topological polar surface area (TPSA) is 62.1 Å². The Bertz CT molecular complexity index is 753. The van der Waals surface area contributed by atoms with Crippen molar-refractivity contribution in [2.24, 2.45) is 0 Å². The minimum atomic E-state index is -3.44. The number of rotatable bonds is 4. The van der Waals surface area contributed by atoms with Crippen LogP contribution in [-0.2, 0) is 27.7 Å². The number of quaternary nitrogens is 1. The third-order valence-corrected chi connectivity index (χ3v) is 7.39. The van der Waals surface area contributed by atoms with E-state index in [0.717, 1.165) is 24.2 Å². The van der Waals surface area contributed by atoms with Crippen LogP contribution in [0, 0.1) is 0 Å². The van der Waals surface area contributed by atoms with Gasteiger partial charge in [0.2, 0.25) is 10.0 Å². The Morgan fingerprint density at radius 2 is 1.80 bits per heavy atom. The van der Waals surface area contributed by atoms with Crippen LogP contribution in [0.1, 0.15) is 24.5 Å². The van der Waals surface area contributed by atoms with E-state index >= 15 is 0 Å². The second kappa shape index (κ2) is 7.05. The average molecular weight is 367 g/mol. The number of likely N-dealkylation sites (N-methyl/N-ethyl adjacent to an activating group) is 1. The highest BCUT2D eigenvalue weighted by Crippen LogP contribution is 2.26. The van der Waals surface area contributed by atoms with E-state index in [4.69, 9.17) is 0 Å². The number of amides is 1. The predicted molar refractivity (Wildman–Crippen MR) is 96.1 cm³/mol. The molecule has 1 aliphatic carbocycles. The highest BCUT2D eigenvalue weighted by molar-refractivity contribution is 7.89. The van der Waals surface area contributed by atoms with Gasteiger partial charge < -0.3 is 9.80 Å². The van der Waals surface area contributed by atoms with Crippen LogP contribution < -0.4 is 4.90 Å². The van der Waals surface area contributed by atoms with Crippen molar-refractivity contribution < 1.29 is 18.1 Å². The fourth-order valence-electron chi connectivity index (χ4n) is 3.87. The van der Waals surface area contributed by atoms with E-state index in [-0.39, 0.29) is 11.9 Å². The Morgan fingerprint density at radius 3 is 2.44 bits per heavy atom. The number of piperazine rings is 1. The van der Waals surface area contributed by atoms with Gasteiger partial charge in [0.1, 0.15) is 0 Å². The number of nitrogens with one attached hydrogen (secondary N) is 1. The number of carbonyl (C=O) groups excluding carboxylic acids is 1. The standard InChI is InChI=1S/C18H27N3O3S/c1-14(18(22)19(2)3)20-9-11-21(12-10-20)25(23,24)17-8-7-15-5-4-6-16(15)13-17/h7-8,13-14H,4-6,9-12H2,1-3H3/p+1/t14-/m1/s1. The van der Waals surface area contributed by atoms with Crippen molar-refractivity contribution in [3.63, 3.8) is 0 Å². The van der Waals surface area contributed by atoms with Crippen LogP contribution in [0.3, 0.4) is 0 Å². The SMILES string of the molecule is C[C@H](C(=O)N(C)C)[NH+]1CCN(S(=O)(=O)c2ccc3c(c2)CCC3)CC1. The van der Waals surface area contributed by atoms with Crippen molar-refractivity contribution in [2.75, 3.05) is 40.3 Å². The first-order valence-corrected chi connectivity index (χ1v) is 10.4. The van der Waals surface area contributed by atoms with Gasteiger partial charge in [-0.25, -0.2) is 8.42 Å². The van der Waals surface area contributed by atoms with Gasteiger partial charge in [0.05, 0.1) is 31.1 Å². The predicted octanol–water partition coefficient (Wildman–Crippen LogP) is -0.459. The molecule has 1 fully saturated rings. The summed E-state index contributed by atoms with van der Waals surface area (Å²) in [6, 6.07) is 5.43. The van der Waals surface area contributed by atoms with E-state index in [1.807, 2.05) is 19.1 Å².